The third kappa shape index (κ3) is 2.04. The molecular weight excluding hydrogens is 220 g/mol. The predicted molar refractivity (Wildman–Crippen MR) is 48.3 cm³/mol. The van der Waals surface area contributed by atoms with Gasteiger partial charge in [-0.05, 0) is 0 Å². The number of carbonyl (C=O) groups excluding carboxylic acids is 1. The summed E-state index contributed by atoms with van der Waals surface area (Å²) >= 11 is 0. The fourth-order valence-corrected chi connectivity index (χ4v) is 1.83. The number of aliphatic hydroxyl groups is 1. The summed E-state index contributed by atoms with van der Waals surface area (Å²) in [6.45, 7) is -0.255. The highest BCUT2D eigenvalue weighted by Gasteiger charge is 2.47. The molecule has 0 aromatic rings. The van der Waals surface area contributed by atoms with Gasteiger partial charge in [-0.25, -0.2) is 4.79 Å². The average molecular weight is 234 g/mol. The van der Waals surface area contributed by atoms with Crippen LogP contribution < -0.4 is 0 Å². The molecule has 0 aromatic carbocycles. The van der Waals surface area contributed by atoms with Gasteiger partial charge in [-0.15, -0.1) is 0 Å². The van der Waals surface area contributed by atoms with Gasteiger partial charge in [0.1, 0.15) is 31.9 Å². The van der Waals surface area contributed by atoms with Crippen molar-refractivity contribution in [2.45, 2.75) is 24.4 Å². The monoisotopic (exact) mass is 234 g/mol. The highest BCUT2D eigenvalue weighted by Crippen LogP contribution is 2.26. The van der Waals surface area contributed by atoms with Crippen molar-refractivity contribution in [3.63, 3.8) is 0 Å². The lowest BCUT2D eigenvalue weighted by Gasteiger charge is -2.42. The molecule has 2 saturated heterocycles. The summed E-state index contributed by atoms with van der Waals surface area (Å²) in [4.78, 5) is 11.4. The summed E-state index contributed by atoms with van der Waals surface area (Å²) in [6.07, 6.45) is -2.46. The lowest BCUT2D eigenvalue weighted by Crippen LogP contribution is -2.60. The van der Waals surface area contributed by atoms with Crippen LogP contribution in [0.3, 0.4) is 0 Å². The first-order valence-corrected chi connectivity index (χ1v) is 4.93. The molecular formula is C9H14O7. The summed E-state index contributed by atoms with van der Waals surface area (Å²) in [5.74, 6) is -0.517. The van der Waals surface area contributed by atoms with Crippen LogP contribution in [0.2, 0.25) is 0 Å². The average Bonchev–Trinajstić information content (AvgIpc) is 2.36. The van der Waals surface area contributed by atoms with Gasteiger partial charge in [0, 0.05) is 0 Å². The van der Waals surface area contributed by atoms with Gasteiger partial charge >= 0.3 is 5.97 Å². The van der Waals surface area contributed by atoms with Crippen molar-refractivity contribution in [1.29, 1.82) is 0 Å². The molecule has 0 unspecified atom stereocenters. The molecule has 2 aliphatic rings. The lowest BCUT2D eigenvalue weighted by atomic mass is 10.0. The second kappa shape index (κ2) is 5.07. The van der Waals surface area contributed by atoms with Crippen molar-refractivity contribution >= 4 is 5.97 Å². The minimum atomic E-state index is -0.832. The van der Waals surface area contributed by atoms with E-state index in [2.05, 4.69) is 4.74 Å². The van der Waals surface area contributed by atoms with Crippen LogP contribution in [0.5, 0.6) is 0 Å². The van der Waals surface area contributed by atoms with Crippen molar-refractivity contribution in [2.24, 2.45) is 0 Å². The third-order valence-electron chi connectivity index (χ3n) is 2.65. The van der Waals surface area contributed by atoms with Crippen molar-refractivity contribution in [3.05, 3.63) is 0 Å². The largest absolute Gasteiger partial charge is 0.467 e. The maximum Gasteiger partial charge on any atom is 0.337 e. The Bertz CT molecular complexity index is 256. The van der Waals surface area contributed by atoms with E-state index in [0.717, 1.165) is 0 Å². The normalized spacial score (nSPS) is 38.9. The van der Waals surface area contributed by atoms with E-state index >= 15 is 0 Å². The smallest absolute Gasteiger partial charge is 0.337 e. The maximum absolute atomic E-state index is 11.4. The van der Waals surface area contributed by atoms with Gasteiger partial charge < -0.3 is 28.8 Å². The zero-order chi connectivity index (χ0) is 11.5. The number of esters is 1. The number of fused-ring (bicyclic) bond motifs is 1. The predicted octanol–water partition coefficient (Wildman–Crippen LogP) is -1.37. The lowest BCUT2D eigenvalue weighted by molar-refractivity contribution is -0.322. The third-order valence-corrected chi connectivity index (χ3v) is 2.65. The van der Waals surface area contributed by atoms with Gasteiger partial charge in [-0.2, -0.15) is 0 Å². The number of hydrogen-bond donors (Lipinski definition) is 1. The van der Waals surface area contributed by atoms with E-state index in [-0.39, 0.29) is 20.2 Å². The SMILES string of the molecule is COC(=O)[C@@H]1OCO[C@H]2[C@@H]1OCO[C@H]2CO. The number of hydrogen-bond acceptors (Lipinski definition) is 7. The van der Waals surface area contributed by atoms with Crippen LogP contribution in [-0.2, 0) is 28.5 Å². The van der Waals surface area contributed by atoms with Gasteiger partial charge in [-0.3, -0.25) is 0 Å². The molecule has 0 radical (unpaired) electrons. The Labute approximate surface area is 92.2 Å². The summed E-state index contributed by atoms with van der Waals surface area (Å²) < 4.78 is 25.4. The van der Waals surface area contributed by atoms with Crippen LogP contribution in [0.15, 0.2) is 0 Å². The molecule has 92 valence electrons. The number of carbonyl (C=O) groups is 1. The molecule has 0 spiro atoms. The van der Waals surface area contributed by atoms with Crippen LogP contribution in [0.4, 0.5) is 0 Å². The zero-order valence-electron chi connectivity index (χ0n) is 8.83. The molecule has 7 heteroatoms. The molecule has 16 heavy (non-hydrogen) atoms. The second-order valence-corrected chi connectivity index (χ2v) is 3.50. The number of methoxy groups -OCH3 is 1. The molecule has 0 aromatic heterocycles. The molecule has 0 saturated carbocycles. The Hall–Kier alpha value is -0.730. The van der Waals surface area contributed by atoms with Gasteiger partial charge in [0.05, 0.1) is 13.7 Å². The van der Waals surface area contributed by atoms with Gasteiger partial charge in [0.15, 0.2) is 6.10 Å². The highest BCUT2D eigenvalue weighted by atomic mass is 16.8. The highest BCUT2D eigenvalue weighted by molar-refractivity contribution is 5.75. The van der Waals surface area contributed by atoms with E-state index in [1.165, 1.54) is 7.11 Å². The van der Waals surface area contributed by atoms with Crippen LogP contribution >= 0.6 is 0 Å². The number of rotatable bonds is 2. The van der Waals surface area contributed by atoms with E-state index in [1.54, 1.807) is 0 Å². The summed E-state index contributed by atoms with van der Waals surface area (Å²) in [6, 6.07) is 0. The Balaban J connectivity index is 2.10. The second-order valence-electron chi connectivity index (χ2n) is 3.50. The van der Waals surface area contributed by atoms with E-state index < -0.39 is 30.4 Å². The van der Waals surface area contributed by atoms with Crippen molar-refractivity contribution < 1.29 is 33.6 Å². The Kier molecular flexibility index (Phi) is 3.72. The molecule has 7 nitrogen and oxygen atoms in total. The topological polar surface area (TPSA) is 83.5 Å². The van der Waals surface area contributed by atoms with E-state index in [4.69, 9.17) is 24.1 Å². The first-order valence-electron chi connectivity index (χ1n) is 4.93. The fraction of sp³-hybridized carbons (Fsp3) is 0.889. The number of ether oxygens (including phenoxy) is 5. The molecule has 0 aliphatic carbocycles. The Morgan fingerprint density at radius 2 is 1.94 bits per heavy atom. The van der Waals surface area contributed by atoms with Crippen molar-refractivity contribution in [1.82, 2.24) is 0 Å². The van der Waals surface area contributed by atoms with Crippen molar-refractivity contribution in [3.8, 4) is 0 Å². The quantitative estimate of drug-likeness (QED) is 0.590. The molecule has 1 N–H and O–H groups in total. The van der Waals surface area contributed by atoms with Crippen LogP contribution in [0, 0.1) is 0 Å². The molecule has 2 heterocycles. The Morgan fingerprint density at radius 1 is 1.25 bits per heavy atom. The van der Waals surface area contributed by atoms with Gasteiger partial charge in [0.25, 0.3) is 0 Å². The van der Waals surface area contributed by atoms with Crippen LogP contribution in [0.1, 0.15) is 0 Å². The first-order chi connectivity index (χ1) is 7.77. The van der Waals surface area contributed by atoms with Gasteiger partial charge in [0.2, 0.25) is 0 Å². The molecule has 4 atom stereocenters. The van der Waals surface area contributed by atoms with E-state index in [1.807, 2.05) is 0 Å². The summed E-state index contributed by atoms with van der Waals surface area (Å²) in [7, 11) is 1.28. The van der Waals surface area contributed by atoms with Crippen LogP contribution in [0.25, 0.3) is 0 Å². The Morgan fingerprint density at radius 3 is 2.62 bits per heavy atom. The van der Waals surface area contributed by atoms with Crippen LogP contribution in [-0.4, -0.2) is 62.8 Å². The molecule has 2 rings (SSSR count). The van der Waals surface area contributed by atoms with Gasteiger partial charge in [-0.1, -0.05) is 0 Å². The molecule has 2 fully saturated rings. The summed E-state index contributed by atoms with van der Waals surface area (Å²) in [5, 5.41) is 9.09. The molecule has 0 amide bonds. The standard InChI is InChI=1S/C9H14O7/c1-12-9(11)8-7-6(14-4-16-8)5(2-10)13-3-15-7/h5-8,10H,2-4H2,1H3/t5-,6+,7-,8+/m0/s1. The molecule has 2 aliphatic heterocycles. The minimum absolute atomic E-state index is 0.00733. The zero-order valence-corrected chi connectivity index (χ0v) is 8.83. The number of aliphatic hydroxyl groups excluding tert-OH is 1. The van der Waals surface area contributed by atoms with E-state index in [0.29, 0.717) is 0 Å². The minimum Gasteiger partial charge on any atom is -0.467 e. The first kappa shape index (κ1) is 11.7. The van der Waals surface area contributed by atoms with Crippen molar-refractivity contribution in [2.75, 3.05) is 27.3 Å². The molecule has 0 bridgehead atoms. The maximum atomic E-state index is 11.4. The van der Waals surface area contributed by atoms with E-state index in [9.17, 15) is 4.79 Å². The fourth-order valence-electron chi connectivity index (χ4n) is 1.83. The summed E-state index contributed by atoms with van der Waals surface area (Å²) in [5.41, 5.74) is 0.